The van der Waals surface area contributed by atoms with Crippen LogP contribution in [0.4, 0.5) is 0 Å². The molecule has 1 aromatic heterocycles. The lowest BCUT2D eigenvalue weighted by Gasteiger charge is -2.34. The highest BCUT2D eigenvalue weighted by Gasteiger charge is 2.43. The molecule has 3 nitrogen and oxygen atoms in total. The monoisotopic (exact) mass is 307 g/mol. The van der Waals surface area contributed by atoms with Crippen molar-refractivity contribution in [2.45, 2.75) is 10.9 Å². The van der Waals surface area contributed by atoms with Gasteiger partial charge in [-0.05, 0) is 18.3 Å². The molecule has 0 saturated heterocycles. The summed E-state index contributed by atoms with van der Waals surface area (Å²) in [6.45, 7) is 0. The van der Waals surface area contributed by atoms with E-state index in [0.717, 1.165) is 20.3 Å². The number of carbonyl (C=O) groups is 1. The Bertz CT molecular complexity index is 733. The van der Waals surface area contributed by atoms with Crippen LogP contribution in [0.2, 0.25) is 0 Å². The number of hydrogen-bond donors (Lipinski definition) is 1. The average molecular weight is 307 g/mol. The van der Waals surface area contributed by atoms with Crippen LogP contribution in [0.15, 0.2) is 29.3 Å². The third-order valence-corrected chi connectivity index (χ3v) is 6.08. The molecule has 96 valence electrons. The zero-order valence-electron chi connectivity index (χ0n) is 9.71. The summed E-state index contributed by atoms with van der Waals surface area (Å²) in [5.41, 5.74) is 1.10. The Morgan fingerprint density at radius 2 is 2.21 bits per heavy atom. The van der Waals surface area contributed by atoms with E-state index >= 15 is 0 Å². The number of benzene rings is 1. The van der Waals surface area contributed by atoms with E-state index in [0.29, 0.717) is 5.75 Å². The molecule has 2 aliphatic rings. The smallest absolute Gasteiger partial charge is 0.316 e. The molecule has 2 aliphatic heterocycles. The number of thiazole rings is 1. The number of esters is 1. The Kier molecular flexibility index (Phi) is 2.58. The summed E-state index contributed by atoms with van der Waals surface area (Å²) >= 11 is 8.47. The van der Waals surface area contributed by atoms with E-state index in [1.54, 1.807) is 23.1 Å². The van der Waals surface area contributed by atoms with E-state index in [9.17, 15) is 4.79 Å². The fourth-order valence-corrected chi connectivity index (χ4v) is 5.50. The molecule has 0 radical (unpaired) electrons. The van der Waals surface area contributed by atoms with Gasteiger partial charge in [0.15, 0.2) is 3.95 Å². The van der Waals surface area contributed by atoms with Gasteiger partial charge in [0, 0.05) is 22.1 Å². The van der Waals surface area contributed by atoms with Crippen molar-refractivity contribution in [2.75, 3.05) is 5.75 Å². The molecule has 0 amide bonds. The molecule has 1 aromatic carbocycles. The molecule has 0 fully saturated rings. The van der Waals surface area contributed by atoms with Crippen LogP contribution in [0.25, 0.3) is 0 Å². The topological polar surface area (TPSA) is 42.1 Å². The first kappa shape index (κ1) is 11.7. The minimum atomic E-state index is -0.124. The molecule has 0 aliphatic carbocycles. The van der Waals surface area contributed by atoms with Crippen LogP contribution in [-0.4, -0.2) is 16.7 Å². The third kappa shape index (κ3) is 1.70. The quantitative estimate of drug-likeness (QED) is 0.459. The maximum atomic E-state index is 12.1. The Labute approximate surface area is 123 Å². The second-order valence-corrected chi connectivity index (χ2v) is 7.31. The van der Waals surface area contributed by atoms with Crippen molar-refractivity contribution < 1.29 is 9.53 Å². The maximum Gasteiger partial charge on any atom is 0.316 e. The van der Waals surface area contributed by atoms with Gasteiger partial charge in [0.1, 0.15) is 5.75 Å². The lowest BCUT2D eigenvalue weighted by Crippen LogP contribution is -2.35. The number of fused-ring (bicyclic) bond motifs is 5. The van der Waals surface area contributed by atoms with E-state index in [-0.39, 0.29) is 17.8 Å². The number of aromatic amines is 1. The Hall–Kier alpha value is -1.11. The number of H-pyrrole nitrogens is 1. The second kappa shape index (κ2) is 4.19. The molecular weight excluding hydrogens is 298 g/mol. The number of nitrogens with one attached hydrogen (secondary N) is 1. The highest BCUT2D eigenvalue weighted by atomic mass is 32.2. The number of para-hydroxylation sites is 1. The highest BCUT2D eigenvalue weighted by molar-refractivity contribution is 7.99. The van der Waals surface area contributed by atoms with Crippen molar-refractivity contribution in [1.82, 2.24) is 4.98 Å². The molecule has 1 N–H and O–H groups in total. The predicted molar refractivity (Wildman–Crippen MR) is 77.6 cm³/mol. The van der Waals surface area contributed by atoms with Crippen LogP contribution in [-0.2, 0) is 4.79 Å². The molecule has 4 rings (SSSR count). The maximum absolute atomic E-state index is 12.1. The molecule has 2 atom stereocenters. The molecule has 0 spiro atoms. The standard InChI is InChI=1S/C13H9NO2S3/c15-12-7-5-18-11-10(19-13(17)14-11)9(7)6-3-1-2-4-8(6)16-12/h1-4,7,9H,5H2,(H,14,17)/t7-,9+/m1/s1. The van der Waals surface area contributed by atoms with Gasteiger partial charge in [-0.15, -0.1) is 23.1 Å². The zero-order chi connectivity index (χ0) is 13.0. The Balaban J connectivity index is 1.97. The van der Waals surface area contributed by atoms with Gasteiger partial charge in [0.05, 0.1) is 10.9 Å². The first-order valence-corrected chi connectivity index (χ1v) is 8.11. The van der Waals surface area contributed by atoms with E-state index in [4.69, 9.17) is 17.0 Å². The van der Waals surface area contributed by atoms with Crippen LogP contribution >= 0.6 is 35.3 Å². The fraction of sp³-hybridized carbons (Fsp3) is 0.231. The van der Waals surface area contributed by atoms with Gasteiger partial charge >= 0.3 is 5.97 Å². The lowest BCUT2D eigenvalue weighted by molar-refractivity contribution is -0.139. The average Bonchev–Trinajstić information content (AvgIpc) is 2.79. The van der Waals surface area contributed by atoms with Gasteiger partial charge in [0.2, 0.25) is 0 Å². The van der Waals surface area contributed by atoms with Crippen LogP contribution in [0.5, 0.6) is 5.75 Å². The third-order valence-electron chi connectivity index (χ3n) is 3.50. The van der Waals surface area contributed by atoms with Crippen molar-refractivity contribution in [3.05, 3.63) is 38.7 Å². The number of rotatable bonds is 0. The van der Waals surface area contributed by atoms with Gasteiger partial charge in [-0.2, -0.15) is 0 Å². The minimum Gasteiger partial charge on any atom is -0.426 e. The Morgan fingerprint density at radius 1 is 1.37 bits per heavy atom. The molecular formula is C13H9NO2S3. The zero-order valence-corrected chi connectivity index (χ0v) is 12.2. The van der Waals surface area contributed by atoms with Crippen LogP contribution in [0.1, 0.15) is 16.4 Å². The molecule has 2 aromatic rings. The number of ether oxygens (including phenoxy) is 1. The summed E-state index contributed by atoms with van der Waals surface area (Å²) < 4.78 is 6.21. The summed E-state index contributed by atoms with van der Waals surface area (Å²) in [5, 5.41) is 1.11. The molecule has 0 saturated carbocycles. The predicted octanol–water partition coefficient (Wildman–Crippen LogP) is 3.58. The summed E-state index contributed by atoms with van der Waals surface area (Å²) in [4.78, 5) is 16.5. The summed E-state index contributed by atoms with van der Waals surface area (Å²) in [5.74, 6) is 1.29. The van der Waals surface area contributed by atoms with Gasteiger partial charge in [-0.1, -0.05) is 18.2 Å². The molecule has 3 heterocycles. The van der Waals surface area contributed by atoms with E-state index in [1.165, 1.54) is 4.88 Å². The number of hydrogen-bond acceptors (Lipinski definition) is 5. The normalized spacial score (nSPS) is 24.1. The largest absolute Gasteiger partial charge is 0.426 e. The van der Waals surface area contributed by atoms with Crippen molar-refractivity contribution in [3.8, 4) is 5.75 Å². The second-order valence-electron chi connectivity index (χ2n) is 4.56. The van der Waals surface area contributed by atoms with Gasteiger partial charge in [-0.25, -0.2) is 0 Å². The molecule has 6 heteroatoms. The van der Waals surface area contributed by atoms with E-state index in [2.05, 4.69) is 4.98 Å². The first-order valence-electron chi connectivity index (χ1n) is 5.90. The molecule has 19 heavy (non-hydrogen) atoms. The minimum absolute atomic E-state index is 0.0895. The number of thioether (sulfide) groups is 1. The lowest BCUT2D eigenvalue weighted by atomic mass is 9.83. The SMILES string of the molecule is O=C1Oc2ccccc2[C@@H]2c3sc(=S)[nH]c3SC[C@@H]12. The van der Waals surface area contributed by atoms with Crippen LogP contribution in [0.3, 0.4) is 0 Å². The van der Waals surface area contributed by atoms with Crippen molar-refractivity contribution in [2.24, 2.45) is 5.92 Å². The summed E-state index contributed by atoms with van der Waals surface area (Å²) in [7, 11) is 0. The molecule has 0 bridgehead atoms. The van der Waals surface area contributed by atoms with E-state index < -0.39 is 0 Å². The fourth-order valence-electron chi connectivity index (χ4n) is 2.67. The van der Waals surface area contributed by atoms with Crippen molar-refractivity contribution in [1.29, 1.82) is 0 Å². The number of aromatic nitrogens is 1. The van der Waals surface area contributed by atoms with Gasteiger partial charge in [-0.3, -0.25) is 4.79 Å². The van der Waals surface area contributed by atoms with Crippen molar-refractivity contribution in [3.63, 3.8) is 0 Å². The first-order chi connectivity index (χ1) is 9.24. The summed E-state index contributed by atoms with van der Waals surface area (Å²) in [6.07, 6.45) is 0. The highest BCUT2D eigenvalue weighted by Crippen LogP contribution is 2.51. The van der Waals surface area contributed by atoms with Crippen molar-refractivity contribution >= 4 is 41.3 Å². The van der Waals surface area contributed by atoms with Crippen LogP contribution < -0.4 is 4.74 Å². The van der Waals surface area contributed by atoms with Gasteiger partial charge in [0.25, 0.3) is 0 Å². The summed E-state index contributed by atoms with van der Waals surface area (Å²) in [6, 6.07) is 7.78. The van der Waals surface area contributed by atoms with Gasteiger partial charge < -0.3 is 9.72 Å². The molecule has 0 unspecified atom stereocenters. The van der Waals surface area contributed by atoms with E-state index in [1.807, 2.05) is 24.3 Å². The Morgan fingerprint density at radius 3 is 3.11 bits per heavy atom. The number of carbonyl (C=O) groups excluding carboxylic acids is 1. The van der Waals surface area contributed by atoms with Crippen LogP contribution in [0, 0.1) is 9.87 Å².